The first-order valence-electron chi connectivity index (χ1n) is 5.51. The van der Waals surface area contributed by atoms with E-state index in [9.17, 15) is 4.79 Å². The SMILES string of the molecule is CCCC(NC(=O)c1cc(Cl)ccc1Br)C(N)=S. The number of hydrogen-bond donors (Lipinski definition) is 2. The first-order chi connectivity index (χ1) is 8.45. The average Bonchev–Trinajstić information content (AvgIpc) is 2.31. The summed E-state index contributed by atoms with van der Waals surface area (Å²) in [5, 5.41) is 3.31. The molecule has 0 saturated heterocycles. The molecular weight excluding hydrogens is 336 g/mol. The fraction of sp³-hybridized carbons (Fsp3) is 0.333. The fourth-order valence-electron chi connectivity index (χ4n) is 1.48. The molecule has 98 valence electrons. The van der Waals surface area contributed by atoms with Crippen LogP contribution in [0.25, 0.3) is 0 Å². The van der Waals surface area contributed by atoms with Gasteiger partial charge in [-0.2, -0.15) is 0 Å². The second-order valence-electron chi connectivity index (χ2n) is 3.84. The van der Waals surface area contributed by atoms with Gasteiger partial charge in [-0.05, 0) is 40.5 Å². The Balaban J connectivity index is 2.86. The molecule has 1 aromatic rings. The minimum Gasteiger partial charge on any atom is -0.392 e. The van der Waals surface area contributed by atoms with Gasteiger partial charge in [-0.15, -0.1) is 0 Å². The van der Waals surface area contributed by atoms with Gasteiger partial charge >= 0.3 is 0 Å². The Morgan fingerprint density at radius 1 is 1.61 bits per heavy atom. The molecule has 3 nitrogen and oxygen atoms in total. The molecule has 1 unspecified atom stereocenters. The predicted octanol–water partition coefficient (Wildman–Crippen LogP) is 3.29. The molecule has 1 aromatic carbocycles. The van der Waals surface area contributed by atoms with Crippen LogP contribution in [0.5, 0.6) is 0 Å². The molecule has 0 aromatic heterocycles. The van der Waals surface area contributed by atoms with Gasteiger partial charge in [0.2, 0.25) is 0 Å². The molecule has 0 saturated carbocycles. The molecule has 1 amide bonds. The minimum absolute atomic E-state index is 0.240. The number of carbonyl (C=O) groups is 1. The van der Waals surface area contributed by atoms with Crippen molar-refractivity contribution >= 4 is 50.6 Å². The van der Waals surface area contributed by atoms with E-state index in [4.69, 9.17) is 29.6 Å². The third kappa shape index (κ3) is 4.23. The van der Waals surface area contributed by atoms with Gasteiger partial charge in [-0.1, -0.05) is 37.2 Å². The molecule has 0 aliphatic heterocycles. The lowest BCUT2D eigenvalue weighted by Gasteiger charge is -2.17. The molecule has 18 heavy (non-hydrogen) atoms. The standard InChI is InChI=1S/C12H14BrClN2OS/c1-2-3-10(11(15)18)16-12(17)8-6-7(14)4-5-9(8)13/h4-6,10H,2-3H2,1H3,(H2,15,18)(H,16,17). The summed E-state index contributed by atoms with van der Waals surface area (Å²) in [6.45, 7) is 2.01. The zero-order chi connectivity index (χ0) is 13.7. The van der Waals surface area contributed by atoms with Crippen LogP contribution in [0, 0.1) is 0 Å². The fourth-order valence-corrected chi connectivity index (χ4v) is 2.26. The molecule has 1 rings (SSSR count). The highest BCUT2D eigenvalue weighted by Crippen LogP contribution is 2.21. The highest BCUT2D eigenvalue weighted by atomic mass is 79.9. The second-order valence-corrected chi connectivity index (χ2v) is 5.60. The highest BCUT2D eigenvalue weighted by molar-refractivity contribution is 9.10. The molecule has 0 heterocycles. The summed E-state index contributed by atoms with van der Waals surface area (Å²) in [7, 11) is 0. The molecule has 3 N–H and O–H groups in total. The van der Waals surface area contributed by atoms with Crippen molar-refractivity contribution in [2.75, 3.05) is 0 Å². The van der Waals surface area contributed by atoms with E-state index >= 15 is 0 Å². The normalized spacial score (nSPS) is 11.9. The number of thiocarbonyl (C=S) groups is 1. The van der Waals surface area contributed by atoms with Crippen molar-refractivity contribution in [3.8, 4) is 0 Å². The summed E-state index contributed by atoms with van der Waals surface area (Å²) in [6.07, 6.45) is 1.61. The van der Waals surface area contributed by atoms with E-state index in [1.54, 1.807) is 18.2 Å². The lowest BCUT2D eigenvalue weighted by Crippen LogP contribution is -2.43. The van der Waals surface area contributed by atoms with Gasteiger partial charge in [0.05, 0.1) is 16.6 Å². The monoisotopic (exact) mass is 348 g/mol. The van der Waals surface area contributed by atoms with E-state index in [0.29, 0.717) is 20.0 Å². The summed E-state index contributed by atoms with van der Waals surface area (Å²) in [4.78, 5) is 12.4. The van der Waals surface area contributed by atoms with Gasteiger partial charge < -0.3 is 11.1 Å². The minimum atomic E-state index is -0.289. The molecular formula is C12H14BrClN2OS. The van der Waals surface area contributed by atoms with Crippen LogP contribution in [-0.4, -0.2) is 16.9 Å². The Morgan fingerprint density at radius 2 is 2.28 bits per heavy atom. The van der Waals surface area contributed by atoms with Gasteiger partial charge in [-0.25, -0.2) is 0 Å². The number of benzene rings is 1. The molecule has 0 bridgehead atoms. The van der Waals surface area contributed by atoms with Crippen LogP contribution in [0.4, 0.5) is 0 Å². The first-order valence-corrected chi connectivity index (χ1v) is 7.08. The number of rotatable bonds is 5. The molecule has 0 aliphatic carbocycles. The molecule has 0 fully saturated rings. The van der Waals surface area contributed by atoms with E-state index in [-0.39, 0.29) is 11.9 Å². The summed E-state index contributed by atoms with van der Waals surface area (Å²) in [5.41, 5.74) is 6.07. The van der Waals surface area contributed by atoms with Crippen LogP contribution in [0.2, 0.25) is 5.02 Å². The van der Waals surface area contributed by atoms with Crippen LogP contribution >= 0.6 is 39.7 Å². The van der Waals surface area contributed by atoms with Crippen molar-refractivity contribution in [3.63, 3.8) is 0 Å². The van der Waals surface area contributed by atoms with Crippen LogP contribution in [0.1, 0.15) is 30.1 Å². The molecule has 0 radical (unpaired) electrons. The Labute approximate surface area is 125 Å². The quantitative estimate of drug-likeness (QED) is 0.802. The molecule has 6 heteroatoms. The first kappa shape index (κ1) is 15.4. The molecule has 0 spiro atoms. The highest BCUT2D eigenvalue weighted by Gasteiger charge is 2.17. The Hall–Kier alpha value is -0.650. The number of nitrogens with two attached hydrogens (primary N) is 1. The average molecular weight is 350 g/mol. The van der Waals surface area contributed by atoms with Crippen LogP contribution in [0.15, 0.2) is 22.7 Å². The zero-order valence-corrected chi connectivity index (χ0v) is 13.0. The summed E-state index contributed by atoms with van der Waals surface area (Å²) in [6, 6.07) is 4.75. The van der Waals surface area contributed by atoms with E-state index in [1.165, 1.54) is 0 Å². The zero-order valence-electron chi connectivity index (χ0n) is 9.87. The van der Waals surface area contributed by atoms with Crippen LogP contribution in [0.3, 0.4) is 0 Å². The van der Waals surface area contributed by atoms with Crippen molar-refractivity contribution < 1.29 is 4.79 Å². The maximum atomic E-state index is 12.1. The third-order valence-electron chi connectivity index (χ3n) is 2.40. The summed E-state index contributed by atoms with van der Waals surface area (Å²) >= 11 is 14.1. The van der Waals surface area contributed by atoms with Crippen molar-refractivity contribution in [2.24, 2.45) is 5.73 Å². The molecule has 0 aliphatic rings. The van der Waals surface area contributed by atoms with E-state index in [2.05, 4.69) is 21.2 Å². The molecule has 1 atom stereocenters. The largest absolute Gasteiger partial charge is 0.392 e. The summed E-state index contributed by atoms with van der Waals surface area (Å²) < 4.78 is 0.683. The summed E-state index contributed by atoms with van der Waals surface area (Å²) in [5.74, 6) is -0.240. The predicted molar refractivity (Wildman–Crippen MR) is 82.1 cm³/mol. The maximum absolute atomic E-state index is 12.1. The number of carbonyl (C=O) groups excluding carboxylic acids is 1. The van der Waals surface area contributed by atoms with E-state index < -0.39 is 0 Å². The number of nitrogens with one attached hydrogen (secondary N) is 1. The lowest BCUT2D eigenvalue weighted by molar-refractivity contribution is 0.0945. The van der Waals surface area contributed by atoms with Gasteiger partial charge in [0, 0.05) is 9.50 Å². The van der Waals surface area contributed by atoms with Crippen molar-refractivity contribution in [3.05, 3.63) is 33.3 Å². The third-order valence-corrected chi connectivity index (χ3v) is 3.61. The Kier molecular flexibility index (Phi) is 6.05. The van der Waals surface area contributed by atoms with Crippen molar-refractivity contribution in [1.82, 2.24) is 5.32 Å². The number of amides is 1. The Bertz CT molecular complexity index is 467. The van der Waals surface area contributed by atoms with Crippen LogP contribution in [-0.2, 0) is 0 Å². The van der Waals surface area contributed by atoms with Gasteiger partial charge in [0.15, 0.2) is 0 Å². The lowest BCUT2D eigenvalue weighted by atomic mass is 10.1. The van der Waals surface area contributed by atoms with E-state index in [0.717, 1.165) is 12.8 Å². The van der Waals surface area contributed by atoms with Crippen molar-refractivity contribution in [2.45, 2.75) is 25.8 Å². The topological polar surface area (TPSA) is 55.1 Å². The maximum Gasteiger partial charge on any atom is 0.253 e. The van der Waals surface area contributed by atoms with E-state index in [1.807, 2.05) is 6.92 Å². The van der Waals surface area contributed by atoms with Crippen LogP contribution < -0.4 is 11.1 Å². The van der Waals surface area contributed by atoms with Gasteiger partial charge in [-0.3, -0.25) is 4.79 Å². The van der Waals surface area contributed by atoms with Crippen molar-refractivity contribution in [1.29, 1.82) is 0 Å². The van der Waals surface area contributed by atoms with Gasteiger partial charge in [0.1, 0.15) is 0 Å². The Morgan fingerprint density at radius 3 is 2.83 bits per heavy atom. The number of halogens is 2. The smallest absolute Gasteiger partial charge is 0.253 e. The van der Waals surface area contributed by atoms with Gasteiger partial charge in [0.25, 0.3) is 5.91 Å². The second kappa shape index (κ2) is 7.07. The number of hydrogen-bond acceptors (Lipinski definition) is 2.